The number of carboxylic acid groups (broad SMARTS) is 1. The molecule has 1 N–H and O–H groups in total. The van der Waals surface area contributed by atoms with Crippen LogP contribution >= 0.6 is 0 Å². The lowest BCUT2D eigenvalue weighted by Crippen LogP contribution is -2.36. The van der Waals surface area contributed by atoms with Crippen LogP contribution in [0.5, 0.6) is 0 Å². The van der Waals surface area contributed by atoms with E-state index < -0.39 is 5.97 Å². The summed E-state index contributed by atoms with van der Waals surface area (Å²) in [6.07, 6.45) is 1.79. The lowest BCUT2D eigenvalue weighted by molar-refractivity contribution is 0.0697. The summed E-state index contributed by atoms with van der Waals surface area (Å²) < 4.78 is 5.38. The van der Waals surface area contributed by atoms with Gasteiger partial charge in [-0.15, -0.1) is 0 Å². The van der Waals surface area contributed by atoms with Crippen molar-refractivity contribution in [3.63, 3.8) is 0 Å². The summed E-state index contributed by atoms with van der Waals surface area (Å²) in [7, 11) is 0. The molecule has 25 heavy (non-hydrogen) atoms. The molecule has 0 bridgehead atoms. The molecule has 1 fully saturated rings. The van der Waals surface area contributed by atoms with E-state index in [1.165, 1.54) is 0 Å². The van der Waals surface area contributed by atoms with E-state index >= 15 is 0 Å². The maximum atomic E-state index is 11.2. The number of ether oxygens (including phenoxy) is 1. The number of rotatable bonds is 3. The molecule has 6 nitrogen and oxygen atoms in total. The maximum Gasteiger partial charge on any atom is 0.335 e. The number of aromatic nitrogens is 2. The number of carboxylic acids is 1. The Morgan fingerprint density at radius 1 is 1.04 bits per heavy atom. The average Bonchev–Trinajstić information content (AvgIpc) is 2.68. The first kappa shape index (κ1) is 15.5. The number of aromatic carboxylic acids is 1. The molecule has 2 heterocycles. The van der Waals surface area contributed by atoms with E-state index in [9.17, 15) is 9.90 Å². The summed E-state index contributed by atoms with van der Waals surface area (Å²) >= 11 is 0. The zero-order valence-electron chi connectivity index (χ0n) is 13.6. The third-order valence-electron chi connectivity index (χ3n) is 4.31. The summed E-state index contributed by atoms with van der Waals surface area (Å²) in [5.41, 5.74) is 3.65. The summed E-state index contributed by atoms with van der Waals surface area (Å²) in [4.78, 5) is 22.6. The third kappa shape index (κ3) is 3.16. The van der Waals surface area contributed by atoms with Crippen molar-refractivity contribution in [1.29, 1.82) is 0 Å². The van der Waals surface area contributed by atoms with Crippen LogP contribution in [0.15, 0.2) is 48.7 Å². The SMILES string of the molecule is O=C(O)c1cccc(-c2ccc3ncc(N4CCOCC4)nc3c2)c1. The van der Waals surface area contributed by atoms with Crippen molar-refractivity contribution in [2.45, 2.75) is 0 Å². The van der Waals surface area contributed by atoms with Gasteiger partial charge in [-0.1, -0.05) is 18.2 Å². The number of hydrogen-bond acceptors (Lipinski definition) is 5. The number of fused-ring (bicyclic) bond motifs is 1. The lowest BCUT2D eigenvalue weighted by Gasteiger charge is -2.27. The van der Waals surface area contributed by atoms with Crippen LogP contribution in [-0.4, -0.2) is 47.3 Å². The van der Waals surface area contributed by atoms with Crippen LogP contribution in [0.1, 0.15) is 10.4 Å². The van der Waals surface area contributed by atoms with Gasteiger partial charge in [-0.2, -0.15) is 0 Å². The van der Waals surface area contributed by atoms with E-state index in [1.807, 2.05) is 24.3 Å². The highest BCUT2D eigenvalue weighted by molar-refractivity contribution is 5.90. The molecule has 0 unspecified atom stereocenters. The van der Waals surface area contributed by atoms with Crippen molar-refractivity contribution in [3.05, 3.63) is 54.2 Å². The molecule has 0 aliphatic carbocycles. The summed E-state index contributed by atoms with van der Waals surface area (Å²) in [6, 6.07) is 12.7. The van der Waals surface area contributed by atoms with Crippen molar-refractivity contribution >= 4 is 22.8 Å². The Morgan fingerprint density at radius 3 is 2.64 bits per heavy atom. The van der Waals surface area contributed by atoms with Gasteiger partial charge in [0.15, 0.2) is 0 Å². The van der Waals surface area contributed by atoms with E-state index in [-0.39, 0.29) is 5.56 Å². The standard InChI is InChI=1S/C19H17N3O3/c23-19(24)15-3-1-2-13(10-15)14-4-5-16-17(11-14)21-18(12-20-16)22-6-8-25-9-7-22/h1-5,10-12H,6-9H2,(H,23,24). The molecule has 4 rings (SSSR count). The van der Waals surface area contributed by atoms with Crippen LogP contribution in [0.4, 0.5) is 5.82 Å². The second-order valence-corrected chi connectivity index (χ2v) is 5.92. The van der Waals surface area contributed by atoms with Gasteiger partial charge in [-0.05, 0) is 35.4 Å². The van der Waals surface area contributed by atoms with Crippen LogP contribution < -0.4 is 4.90 Å². The van der Waals surface area contributed by atoms with Gasteiger partial charge in [-0.3, -0.25) is 4.98 Å². The lowest BCUT2D eigenvalue weighted by atomic mass is 10.0. The Hall–Kier alpha value is -2.99. The zero-order chi connectivity index (χ0) is 17.2. The van der Waals surface area contributed by atoms with E-state index in [1.54, 1.807) is 24.4 Å². The third-order valence-corrected chi connectivity index (χ3v) is 4.31. The van der Waals surface area contributed by atoms with Crippen LogP contribution in [0.25, 0.3) is 22.2 Å². The van der Waals surface area contributed by atoms with E-state index in [2.05, 4.69) is 9.88 Å². The fraction of sp³-hybridized carbons (Fsp3) is 0.211. The van der Waals surface area contributed by atoms with Crippen molar-refractivity contribution in [3.8, 4) is 11.1 Å². The second-order valence-electron chi connectivity index (χ2n) is 5.92. The minimum absolute atomic E-state index is 0.269. The number of nitrogens with zero attached hydrogens (tertiary/aromatic N) is 3. The molecule has 0 saturated carbocycles. The van der Waals surface area contributed by atoms with Gasteiger partial charge in [0.05, 0.1) is 36.0 Å². The zero-order valence-corrected chi connectivity index (χ0v) is 13.6. The molecule has 6 heteroatoms. The molecule has 1 aliphatic rings. The average molecular weight is 335 g/mol. The normalized spacial score (nSPS) is 14.6. The van der Waals surface area contributed by atoms with Gasteiger partial charge >= 0.3 is 5.97 Å². The number of hydrogen-bond donors (Lipinski definition) is 1. The first-order valence-corrected chi connectivity index (χ1v) is 8.14. The molecule has 126 valence electrons. The van der Waals surface area contributed by atoms with Gasteiger partial charge in [0.25, 0.3) is 0 Å². The van der Waals surface area contributed by atoms with Gasteiger partial charge in [-0.25, -0.2) is 9.78 Å². The number of carbonyl (C=O) groups is 1. The largest absolute Gasteiger partial charge is 0.478 e. The van der Waals surface area contributed by atoms with Gasteiger partial charge < -0.3 is 14.7 Å². The van der Waals surface area contributed by atoms with Gasteiger partial charge in [0, 0.05) is 13.1 Å². The molecular formula is C19H17N3O3. The molecular weight excluding hydrogens is 318 g/mol. The summed E-state index contributed by atoms with van der Waals surface area (Å²) in [5, 5.41) is 9.17. The molecule has 0 amide bonds. The van der Waals surface area contributed by atoms with Crippen molar-refractivity contribution < 1.29 is 14.6 Å². The smallest absolute Gasteiger partial charge is 0.335 e. The van der Waals surface area contributed by atoms with Gasteiger partial charge in [0.2, 0.25) is 0 Å². The first-order valence-electron chi connectivity index (χ1n) is 8.14. The number of benzene rings is 2. The number of anilines is 1. The van der Waals surface area contributed by atoms with Crippen LogP contribution in [-0.2, 0) is 4.74 Å². The minimum atomic E-state index is -0.933. The van der Waals surface area contributed by atoms with Crippen LogP contribution in [0.2, 0.25) is 0 Å². The number of morpholine rings is 1. The monoisotopic (exact) mass is 335 g/mol. The van der Waals surface area contributed by atoms with E-state index in [4.69, 9.17) is 9.72 Å². The van der Waals surface area contributed by atoms with E-state index in [0.29, 0.717) is 13.2 Å². The molecule has 2 aromatic carbocycles. The fourth-order valence-electron chi connectivity index (χ4n) is 2.96. The molecule has 1 aliphatic heterocycles. The highest BCUT2D eigenvalue weighted by Crippen LogP contribution is 2.25. The molecule has 1 saturated heterocycles. The van der Waals surface area contributed by atoms with Crippen LogP contribution in [0.3, 0.4) is 0 Å². The summed E-state index contributed by atoms with van der Waals surface area (Å²) in [6.45, 7) is 3.00. The van der Waals surface area contributed by atoms with Crippen molar-refractivity contribution in [1.82, 2.24) is 9.97 Å². The molecule has 3 aromatic rings. The Kier molecular flexibility index (Phi) is 4.03. The van der Waals surface area contributed by atoms with Crippen molar-refractivity contribution in [2.24, 2.45) is 0 Å². The minimum Gasteiger partial charge on any atom is -0.478 e. The Bertz CT molecular complexity index is 936. The first-order chi connectivity index (χ1) is 12.2. The Morgan fingerprint density at radius 2 is 1.84 bits per heavy atom. The predicted octanol–water partition coefficient (Wildman–Crippen LogP) is 2.83. The van der Waals surface area contributed by atoms with E-state index in [0.717, 1.165) is 41.1 Å². The maximum absolute atomic E-state index is 11.2. The second kappa shape index (κ2) is 6.49. The highest BCUT2D eigenvalue weighted by atomic mass is 16.5. The molecule has 1 aromatic heterocycles. The van der Waals surface area contributed by atoms with Gasteiger partial charge in [0.1, 0.15) is 5.82 Å². The quantitative estimate of drug-likeness (QED) is 0.793. The van der Waals surface area contributed by atoms with Crippen LogP contribution in [0, 0.1) is 0 Å². The molecule has 0 atom stereocenters. The Labute approximate surface area is 144 Å². The highest BCUT2D eigenvalue weighted by Gasteiger charge is 2.13. The summed E-state index contributed by atoms with van der Waals surface area (Å²) in [5.74, 6) is -0.0933. The molecule has 0 radical (unpaired) electrons. The molecule has 0 spiro atoms. The topological polar surface area (TPSA) is 75.5 Å². The van der Waals surface area contributed by atoms with Crippen molar-refractivity contribution in [2.75, 3.05) is 31.2 Å². The Balaban J connectivity index is 1.73. The predicted molar refractivity (Wildman–Crippen MR) is 95.0 cm³/mol. The fourth-order valence-corrected chi connectivity index (χ4v) is 2.96.